The van der Waals surface area contributed by atoms with Crippen molar-refractivity contribution in [3.05, 3.63) is 60.2 Å². The van der Waals surface area contributed by atoms with E-state index in [1.165, 1.54) is 16.7 Å². The fraction of sp³-hybridized carbons (Fsp3) is 0.400. The van der Waals surface area contributed by atoms with Gasteiger partial charge in [-0.15, -0.1) is 0 Å². The zero-order valence-corrected chi connectivity index (χ0v) is 15.0. The molecule has 1 saturated heterocycles. The second kappa shape index (κ2) is 6.90. The second-order valence-corrected chi connectivity index (χ2v) is 9.05. The molecule has 2 N–H and O–H groups in total. The van der Waals surface area contributed by atoms with Gasteiger partial charge >= 0.3 is 0 Å². The zero-order valence-electron chi connectivity index (χ0n) is 14.2. The molecule has 0 bridgehead atoms. The van der Waals surface area contributed by atoms with Crippen molar-refractivity contribution in [2.24, 2.45) is 0 Å². The summed E-state index contributed by atoms with van der Waals surface area (Å²) in [6.07, 6.45) is 2.54. The quantitative estimate of drug-likeness (QED) is 0.866. The molecule has 2 aromatic rings. The molecular weight excluding hydrogens is 332 g/mol. The van der Waals surface area contributed by atoms with Gasteiger partial charge in [0.05, 0.1) is 5.25 Å². The number of rotatable bonds is 5. The Kier molecular flexibility index (Phi) is 4.63. The summed E-state index contributed by atoms with van der Waals surface area (Å²) in [4.78, 5) is 0. The van der Waals surface area contributed by atoms with Crippen LogP contribution in [0.5, 0.6) is 0 Å². The maximum absolute atomic E-state index is 12.3. The third-order valence-electron chi connectivity index (χ3n) is 5.21. The van der Waals surface area contributed by atoms with Crippen molar-refractivity contribution in [2.45, 2.75) is 36.5 Å². The molecule has 0 radical (unpaired) electrons. The molecule has 0 amide bonds. The summed E-state index contributed by atoms with van der Waals surface area (Å²) in [6.45, 7) is 1.61. The first-order valence-electron chi connectivity index (χ1n) is 9.01. The Bertz CT molecular complexity index is 815. The average molecular weight is 356 g/mol. The van der Waals surface area contributed by atoms with Gasteiger partial charge in [0.15, 0.2) is 0 Å². The van der Waals surface area contributed by atoms with Crippen LogP contribution in [0.1, 0.15) is 30.7 Å². The van der Waals surface area contributed by atoms with Crippen LogP contribution in [0, 0.1) is 0 Å². The van der Waals surface area contributed by atoms with E-state index in [0.717, 1.165) is 25.8 Å². The van der Waals surface area contributed by atoms with Gasteiger partial charge in [-0.25, -0.2) is 13.1 Å². The van der Waals surface area contributed by atoms with Crippen LogP contribution in [0.2, 0.25) is 0 Å². The topological polar surface area (TPSA) is 58.2 Å². The monoisotopic (exact) mass is 356 g/mol. The first-order chi connectivity index (χ1) is 12.1. The maximum Gasteiger partial charge on any atom is 0.214 e. The van der Waals surface area contributed by atoms with Gasteiger partial charge in [0, 0.05) is 18.5 Å². The smallest absolute Gasteiger partial charge is 0.214 e. The highest BCUT2D eigenvalue weighted by atomic mass is 32.2. The van der Waals surface area contributed by atoms with Gasteiger partial charge in [-0.05, 0) is 42.5 Å². The summed E-state index contributed by atoms with van der Waals surface area (Å²) in [5, 5.41) is 3.16. The van der Waals surface area contributed by atoms with Gasteiger partial charge in [-0.2, -0.15) is 0 Å². The van der Waals surface area contributed by atoms with E-state index in [0.29, 0.717) is 6.54 Å². The average Bonchev–Trinajstić information content (AvgIpc) is 3.49. The van der Waals surface area contributed by atoms with Gasteiger partial charge in [-0.1, -0.05) is 54.6 Å². The molecule has 2 aromatic carbocycles. The van der Waals surface area contributed by atoms with Crippen LogP contribution in [0.15, 0.2) is 54.6 Å². The lowest BCUT2D eigenvalue weighted by molar-refractivity contribution is 0.378. The molecule has 5 heteroatoms. The largest absolute Gasteiger partial charge is 0.315 e. The molecule has 4 nitrogen and oxygen atoms in total. The van der Waals surface area contributed by atoms with E-state index >= 15 is 0 Å². The van der Waals surface area contributed by atoms with Gasteiger partial charge in [0.1, 0.15) is 0 Å². The van der Waals surface area contributed by atoms with Crippen LogP contribution >= 0.6 is 0 Å². The molecule has 1 aliphatic carbocycles. The van der Waals surface area contributed by atoms with E-state index in [-0.39, 0.29) is 17.2 Å². The van der Waals surface area contributed by atoms with Crippen LogP contribution < -0.4 is 10.0 Å². The summed E-state index contributed by atoms with van der Waals surface area (Å²) in [6, 6.07) is 18.8. The Hall–Kier alpha value is -1.69. The molecule has 4 rings (SSSR count). The van der Waals surface area contributed by atoms with Crippen LogP contribution in [0.4, 0.5) is 0 Å². The minimum Gasteiger partial charge on any atom is -0.315 e. The van der Waals surface area contributed by atoms with Crippen molar-refractivity contribution in [1.29, 1.82) is 0 Å². The van der Waals surface area contributed by atoms with E-state index in [1.807, 2.05) is 18.2 Å². The van der Waals surface area contributed by atoms with Crippen molar-refractivity contribution < 1.29 is 8.42 Å². The fourth-order valence-corrected chi connectivity index (χ4v) is 5.24. The van der Waals surface area contributed by atoms with Gasteiger partial charge < -0.3 is 5.32 Å². The van der Waals surface area contributed by atoms with Crippen molar-refractivity contribution in [2.75, 3.05) is 13.1 Å². The molecule has 2 fully saturated rings. The first kappa shape index (κ1) is 16.8. The van der Waals surface area contributed by atoms with E-state index < -0.39 is 10.0 Å². The third kappa shape index (κ3) is 3.78. The lowest BCUT2D eigenvalue weighted by atomic mass is 9.86. The summed E-state index contributed by atoms with van der Waals surface area (Å²) in [5.74, 6) is 0.222. The number of benzene rings is 2. The molecular formula is C20H24N2O2S. The molecule has 0 spiro atoms. The normalized spacial score (nSPS) is 24.2. The number of nitrogens with one attached hydrogen (secondary N) is 2. The summed E-state index contributed by atoms with van der Waals surface area (Å²) >= 11 is 0. The minimum atomic E-state index is -3.17. The van der Waals surface area contributed by atoms with Gasteiger partial charge in [0.25, 0.3) is 0 Å². The molecule has 2 atom stereocenters. The van der Waals surface area contributed by atoms with Gasteiger partial charge in [-0.3, -0.25) is 0 Å². The molecule has 1 saturated carbocycles. The summed E-state index contributed by atoms with van der Waals surface area (Å²) < 4.78 is 27.6. The SMILES string of the molecule is O=S(=O)(N[C@@H]1CNCC[C@H]1c1ccc(-c2ccccc2)cc1)C1CC1. The van der Waals surface area contributed by atoms with Crippen LogP contribution in [0.25, 0.3) is 11.1 Å². The molecule has 0 aromatic heterocycles. The highest BCUT2D eigenvalue weighted by Crippen LogP contribution is 2.32. The summed E-state index contributed by atoms with van der Waals surface area (Å²) in [7, 11) is -3.17. The molecule has 0 unspecified atom stereocenters. The van der Waals surface area contributed by atoms with Crippen LogP contribution in [-0.2, 0) is 10.0 Å². The Balaban J connectivity index is 1.54. The second-order valence-electron chi connectivity index (χ2n) is 7.06. The highest BCUT2D eigenvalue weighted by molar-refractivity contribution is 7.90. The molecule has 1 aliphatic heterocycles. The maximum atomic E-state index is 12.3. The molecule has 2 aliphatic rings. The van der Waals surface area contributed by atoms with Crippen molar-refractivity contribution in [1.82, 2.24) is 10.0 Å². The van der Waals surface area contributed by atoms with E-state index in [9.17, 15) is 8.42 Å². The number of hydrogen-bond donors (Lipinski definition) is 2. The Morgan fingerprint density at radius 3 is 2.24 bits per heavy atom. The minimum absolute atomic E-state index is 0.0677. The number of piperidine rings is 1. The third-order valence-corrected chi connectivity index (χ3v) is 7.19. The lowest BCUT2D eigenvalue weighted by Gasteiger charge is -2.33. The highest BCUT2D eigenvalue weighted by Gasteiger charge is 2.39. The predicted molar refractivity (Wildman–Crippen MR) is 101 cm³/mol. The van der Waals surface area contributed by atoms with E-state index in [2.05, 4.69) is 46.4 Å². The predicted octanol–water partition coefficient (Wildman–Crippen LogP) is 2.88. The van der Waals surface area contributed by atoms with Crippen LogP contribution in [-0.4, -0.2) is 32.8 Å². The Morgan fingerprint density at radius 1 is 0.880 bits per heavy atom. The van der Waals surface area contributed by atoms with E-state index in [4.69, 9.17) is 0 Å². The summed E-state index contributed by atoms with van der Waals surface area (Å²) in [5.41, 5.74) is 3.60. The zero-order chi connectivity index (χ0) is 17.3. The molecule has 25 heavy (non-hydrogen) atoms. The Morgan fingerprint density at radius 2 is 1.56 bits per heavy atom. The molecule has 1 heterocycles. The first-order valence-corrected chi connectivity index (χ1v) is 10.6. The van der Waals surface area contributed by atoms with Crippen molar-refractivity contribution in [3.63, 3.8) is 0 Å². The fourth-order valence-electron chi connectivity index (χ4n) is 3.62. The lowest BCUT2D eigenvalue weighted by Crippen LogP contribution is -2.50. The van der Waals surface area contributed by atoms with Gasteiger partial charge in [0.2, 0.25) is 10.0 Å². The Labute approximate surface area is 149 Å². The standard InChI is InChI=1S/C20H24N2O2S/c23-25(24,18-10-11-18)22-20-14-21-13-12-19(20)17-8-6-16(7-9-17)15-4-2-1-3-5-15/h1-9,18-22H,10-14H2/t19-,20+/m0/s1. The number of hydrogen-bond acceptors (Lipinski definition) is 3. The number of sulfonamides is 1. The van der Waals surface area contributed by atoms with Crippen molar-refractivity contribution >= 4 is 10.0 Å². The van der Waals surface area contributed by atoms with Crippen molar-refractivity contribution in [3.8, 4) is 11.1 Å². The molecule has 132 valence electrons. The van der Waals surface area contributed by atoms with Crippen LogP contribution in [0.3, 0.4) is 0 Å². The van der Waals surface area contributed by atoms with E-state index in [1.54, 1.807) is 0 Å².